The number of allylic oxidation sites excluding steroid dienone is 4. The number of rotatable bonds is 6. The Kier molecular flexibility index (Phi) is 6.49. The van der Waals surface area contributed by atoms with Crippen LogP contribution >= 0.6 is 0 Å². The molecule has 1 aliphatic heterocycles. The van der Waals surface area contributed by atoms with Gasteiger partial charge in [-0.3, -0.25) is 0 Å². The predicted molar refractivity (Wildman–Crippen MR) is 105 cm³/mol. The number of dihydropyridines is 1. The molecular formula is C23H30FN. The van der Waals surface area contributed by atoms with Gasteiger partial charge >= 0.3 is 0 Å². The van der Waals surface area contributed by atoms with Crippen LogP contribution in [-0.4, -0.2) is 6.54 Å². The number of hydrogen-bond donors (Lipinski definition) is 1. The van der Waals surface area contributed by atoms with Gasteiger partial charge in [0.2, 0.25) is 0 Å². The van der Waals surface area contributed by atoms with Crippen LogP contribution in [0.1, 0.15) is 57.4 Å². The molecule has 2 heteroatoms. The van der Waals surface area contributed by atoms with Crippen molar-refractivity contribution in [3.05, 3.63) is 65.6 Å². The zero-order chi connectivity index (χ0) is 17.5. The van der Waals surface area contributed by atoms with Crippen molar-refractivity contribution in [3.63, 3.8) is 0 Å². The van der Waals surface area contributed by atoms with Crippen molar-refractivity contribution in [2.75, 3.05) is 6.54 Å². The van der Waals surface area contributed by atoms with E-state index in [-0.39, 0.29) is 5.82 Å². The third-order valence-electron chi connectivity index (χ3n) is 5.60. The maximum atomic E-state index is 13.4. The van der Waals surface area contributed by atoms with Crippen LogP contribution in [0.3, 0.4) is 0 Å². The Morgan fingerprint density at radius 1 is 1.16 bits per heavy atom. The molecule has 1 saturated carbocycles. The molecule has 134 valence electrons. The smallest absolute Gasteiger partial charge is 0.123 e. The van der Waals surface area contributed by atoms with Crippen molar-refractivity contribution in [2.45, 2.75) is 51.9 Å². The first-order valence-corrected chi connectivity index (χ1v) is 9.83. The van der Waals surface area contributed by atoms with E-state index in [1.807, 2.05) is 6.07 Å². The van der Waals surface area contributed by atoms with Crippen molar-refractivity contribution in [1.29, 1.82) is 0 Å². The van der Waals surface area contributed by atoms with Crippen molar-refractivity contribution in [3.8, 4) is 0 Å². The fraction of sp³-hybridized carbons (Fsp3) is 0.478. The van der Waals surface area contributed by atoms with Crippen LogP contribution in [0.5, 0.6) is 0 Å². The van der Waals surface area contributed by atoms with Crippen molar-refractivity contribution in [1.82, 2.24) is 5.32 Å². The topological polar surface area (TPSA) is 12.0 Å². The lowest BCUT2D eigenvalue weighted by Crippen LogP contribution is -2.19. The van der Waals surface area contributed by atoms with Gasteiger partial charge in [-0.15, -0.1) is 0 Å². The average molecular weight is 339 g/mol. The summed E-state index contributed by atoms with van der Waals surface area (Å²) >= 11 is 0. The SMILES string of the molecule is CCC[C@@H]1CCCCC1C/C=C/C1=CC=C(c2cccc(F)c2)CN1. The van der Waals surface area contributed by atoms with Gasteiger partial charge in [0.25, 0.3) is 0 Å². The predicted octanol–water partition coefficient (Wildman–Crippen LogP) is 6.25. The minimum Gasteiger partial charge on any atom is -0.381 e. The Bertz CT molecular complexity index is 654. The third kappa shape index (κ3) is 5.07. The summed E-state index contributed by atoms with van der Waals surface area (Å²) in [6, 6.07) is 6.81. The molecule has 2 aliphatic rings. The minimum absolute atomic E-state index is 0.179. The molecule has 1 aromatic rings. The van der Waals surface area contributed by atoms with E-state index in [9.17, 15) is 4.39 Å². The van der Waals surface area contributed by atoms with Gasteiger partial charge in [-0.05, 0) is 60.1 Å². The molecule has 0 amide bonds. The van der Waals surface area contributed by atoms with Crippen LogP contribution in [0.4, 0.5) is 4.39 Å². The number of benzene rings is 1. The fourth-order valence-electron chi connectivity index (χ4n) is 4.22. The molecule has 1 unspecified atom stereocenters. The molecule has 1 aromatic carbocycles. The molecule has 25 heavy (non-hydrogen) atoms. The Morgan fingerprint density at radius 3 is 2.72 bits per heavy atom. The van der Waals surface area contributed by atoms with Crippen LogP contribution in [0.25, 0.3) is 5.57 Å². The Hall–Kier alpha value is -1.83. The van der Waals surface area contributed by atoms with E-state index >= 15 is 0 Å². The first-order valence-electron chi connectivity index (χ1n) is 9.83. The van der Waals surface area contributed by atoms with Crippen LogP contribution in [0.15, 0.2) is 54.3 Å². The van der Waals surface area contributed by atoms with Gasteiger partial charge < -0.3 is 5.32 Å². The molecule has 0 radical (unpaired) electrons. The van der Waals surface area contributed by atoms with E-state index in [2.05, 4.69) is 36.5 Å². The maximum absolute atomic E-state index is 13.4. The van der Waals surface area contributed by atoms with Gasteiger partial charge in [0.05, 0.1) is 0 Å². The van der Waals surface area contributed by atoms with E-state index in [0.717, 1.165) is 35.2 Å². The lowest BCUT2D eigenvalue weighted by Gasteiger charge is -2.30. The van der Waals surface area contributed by atoms with Gasteiger partial charge in [-0.1, -0.05) is 63.3 Å². The van der Waals surface area contributed by atoms with E-state index < -0.39 is 0 Å². The highest BCUT2D eigenvalue weighted by atomic mass is 19.1. The third-order valence-corrected chi connectivity index (χ3v) is 5.60. The first-order chi connectivity index (χ1) is 12.3. The van der Waals surface area contributed by atoms with E-state index in [4.69, 9.17) is 0 Å². The van der Waals surface area contributed by atoms with Crippen molar-refractivity contribution >= 4 is 5.57 Å². The highest BCUT2D eigenvalue weighted by Gasteiger charge is 2.23. The molecule has 1 nitrogen and oxygen atoms in total. The Labute approximate surface area is 151 Å². The molecule has 1 N–H and O–H groups in total. The second-order valence-corrected chi connectivity index (χ2v) is 7.41. The molecule has 0 aromatic heterocycles. The normalized spacial score (nSPS) is 23.9. The molecule has 2 atom stereocenters. The summed E-state index contributed by atoms with van der Waals surface area (Å²) in [5.74, 6) is 1.62. The second kappa shape index (κ2) is 9.03. The van der Waals surface area contributed by atoms with E-state index in [1.54, 1.807) is 12.1 Å². The standard InChI is InChI=1S/C23H30FN/c1-2-7-18-8-3-4-9-19(18)10-6-13-23-15-14-21(17-25-23)20-11-5-12-22(24)16-20/h5-6,11-16,18-19,25H,2-4,7-10,17H2,1H3/b13-6+/t18-,19?/m1/s1. The highest BCUT2D eigenvalue weighted by molar-refractivity contribution is 5.70. The molecule has 1 heterocycles. The summed E-state index contributed by atoms with van der Waals surface area (Å²) in [4.78, 5) is 0. The number of nitrogens with one attached hydrogen (secondary N) is 1. The maximum Gasteiger partial charge on any atom is 0.123 e. The largest absolute Gasteiger partial charge is 0.381 e. The molecule has 3 rings (SSSR count). The zero-order valence-corrected chi connectivity index (χ0v) is 15.3. The molecule has 1 aliphatic carbocycles. The zero-order valence-electron chi connectivity index (χ0n) is 15.3. The Morgan fingerprint density at radius 2 is 2.00 bits per heavy atom. The summed E-state index contributed by atoms with van der Waals surface area (Å²) in [6.45, 7) is 3.06. The highest BCUT2D eigenvalue weighted by Crippen LogP contribution is 2.35. The number of hydrogen-bond acceptors (Lipinski definition) is 1. The summed E-state index contributed by atoms with van der Waals surface area (Å²) in [5, 5.41) is 3.44. The summed E-state index contributed by atoms with van der Waals surface area (Å²) in [7, 11) is 0. The van der Waals surface area contributed by atoms with Crippen LogP contribution in [-0.2, 0) is 0 Å². The van der Waals surface area contributed by atoms with E-state index in [1.165, 1.54) is 51.0 Å². The monoisotopic (exact) mass is 339 g/mol. The minimum atomic E-state index is -0.179. The first kappa shape index (κ1) is 18.0. The molecular weight excluding hydrogens is 309 g/mol. The summed E-state index contributed by atoms with van der Waals surface area (Å²) in [6.07, 6.45) is 18.3. The average Bonchev–Trinajstić information content (AvgIpc) is 2.64. The van der Waals surface area contributed by atoms with Gasteiger partial charge in [-0.25, -0.2) is 4.39 Å². The molecule has 0 bridgehead atoms. The molecule has 0 spiro atoms. The van der Waals surface area contributed by atoms with Crippen molar-refractivity contribution < 1.29 is 4.39 Å². The molecule has 0 saturated heterocycles. The van der Waals surface area contributed by atoms with Crippen molar-refractivity contribution in [2.24, 2.45) is 11.8 Å². The summed E-state index contributed by atoms with van der Waals surface area (Å²) < 4.78 is 13.4. The van der Waals surface area contributed by atoms with Crippen LogP contribution in [0.2, 0.25) is 0 Å². The fourth-order valence-corrected chi connectivity index (χ4v) is 4.22. The van der Waals surface area contributed by atoms with Gasteiger partial charge in [-0.2, -0.15) is 0 Å². The quantitative estimate of drug-likeness (QED) is 0.646. The lowest BCUT2D eigenvalue weighted by molar-refractivity contribution is 0.224. The lowest BCUT2D eigenvalue weighted by atomic mass is 9.75. The number of halogens is 1. The molecule has 1 fully saturated rings. The van der Waals surface area contributed by atoms with Gasteiger partial charge in [0.15, 0.2) is 0 Å². The van der Waals surface area contributed by atoms with Crippen LogP contribution < -0.4 is 5.32 Å². The van der Waals surface area contributed by atoms with Crippen LogP contribution in [0, 0.1) is 17.7 Å². The van der Waals surface area contributed by atoms with Gasteiger partial charge in [0.1, 0.15) is 5.82 Å². The second-order valence-electron chi connectivity index (χ2n) is 7.41. The van der Waals surface area contributed by atoms with Gasteiger partial charge in [0, 0.05) is 12.2 Å². The van der Waals surface area contributed by atoms with E-state index in [0.29, 0.717) is 0 Å². The Balaban J connectivity index is 1.57. The summed E-state index contributed by atoms with van der Waals surface area (Å²) in [5.41, 5.74) is 3.24.